The highest BCUT2D eigenvalue weighted by molar-refractivity contribution is 7.09. The monoisotopic (exact) mass is 250 g/mol. The standard InChI is InChI=1S/C12H18N4S/c1-9(2)13-6-11-4-5-14-16(11)7-12-15-10(3)8-17-12/h4-5,8-9,13H,6-7H2,1-3H3. The average Bonchev–Trinajstić information content (AvgIpc) is 2.86. The lowest BCUT2D eigenvalue weighted by molar-refractivity contribution is 0.546. The molecule has 2 aromatic rings. The molecular formula is C12H18N4S. The third kappa shape index (κ3) is 3.38. The van der Waals surface area contributed by atoms with Crippen molar-refractivity contribution in [2.45, 2.75) is 39.9 Å². The lowest BCUT2D eigenvalue weighted by Crippen LogP contribution is -2.23. The minimum atomic E-state index is 0.487. The van der Waals surface area contributed by atoms with Crippen LogP contribution in [-0.2, 0) is 13.1 Å². The summed E-state index contributed by atoms with van der Waals surface area (Å²) >= 11 is 1.69. The van der Waals surface area contributed by atoms with E-state index in [1.165, 1.54) is 5.69 Å². The fourth-order valence-corrected chi connectivity index (χ4v) is 2.32. The summed E-state index contributed by atoms with van der Waals surface area (Å²) in [7, 11) is 0. The van der Waals surface area contributed by atoms with Crippen LogP contribution in [0.3, 0.4) is 0 Å². The van der Waals surface area contributed by atoms with Crippen molar-refractivity contribution >= 4 is 11.3 Å². The van der Waals surface area contributed by atoms with Crippen molar-refractivity contribution in [2.75, 3.05) is 0 Å². The Hall–Kier alpha value is -1.20. The first-order valence-electron chi connectivity index (χ1n) is 5.80. The highest BCUT2D eigenvalue weighted by Gasteiger charge is 2.06. The maximum atomic E-state index is 4.46. The van der Waals surface area contributed by atoms with Gasteiger partial charge in [0.1, 0.15) is 5.01 Å². The van der Waals surface area contributed by atoms with Gasteiger partial charge < -0.3 is 5.32 Å². The van der Waals surface area contributed by atoms with E-state index in [4.69, 9.17) is 0 Å². The van der Waals surface area contributed by atoms with Gasteiger partial charge in [-0.1, -0.05) is 13.8 Å². The molecule has 0 aliphatic carbocycles. The highest BCUT2D eigenvalue weighted by atomic mass is 32.1. The van der Waals surface area contributed by atoms with Crippen LogP contribution in [0.1, 0.15) is 30.2 Å². The van der Waals surface area contributed by atoms with E-state index in [0.29, 0.717) is 6.04 Å². The van der Waals surface area contributed by atoms with Crippen molar-refractivity contribution in [3.05, 3.63) is 34.0 Å². The van der Waals surface area contributed by atoms with E-state index in [0.717, 1.165) is 23.8 Å². The molecule has 0 aliphatic heterocycles. The summed E-state index contributed by atoms with van der Waals surface area (Å²) in [5, 5.41) is 10.9. The van der Waals surface area contributed by atoms with E-state index in [2.05, 4.69) is 40.7 Å². The average molecular weight is 250 g/mol. The normalized spacial score (nSPS) is 11.3. The van der Waals surface area contributed by atoms with Crippen molar-refractivity contribution in [1.82, 2.24) is 20.1 Å². The number of aryl methyl sites for hydroxylation is 1. The van der Waals surface area contributed by atoms with Gasteiger partial charge in [0, 0.05) is 29.9 Å². The summed E-state index contributed by atoms with van der Waals surface area (Å²) in [6, 6.07) is 2.54. The first-order valence-corrected chi connectivity index (χ1v) is 6.68. The molecule has 5 heteroatoms. The summed E-state index contributed by atoms with van der Waals surface area (Å²) in [6.45, 7) is 7.92. The SMILES string of the molecule is Cc1csc(Cn2nccc2CNC(C)C)n1. The molecule has 0 spiro atoms. The van der Waals surface area contributed by atoms with Crippen molar-refractivity contribution in [2.24, 2.45) is 0 Å². The van der Waals surface area contributed by atoms with E-state index in [9.17, 15) is 0 Å². The fourth-order valence-electron chi connectivity index (χ4n) is 1.56. The first kappa shape index (κ1) is 12.3. The predicted octanol–water partition coefficient (Wildman–Crippen LogP) is 2.19. The van der Waals surface area contributed by atoms with E-state index in [-0.39, 0.29) is 0 Å². The number of nitrogens with one attached hydrogen (secondary N) is 1. The topological polar surface area (TPSA) is 42.7 Å². The molecule has 0 fully saturated rings. The van der Waals surface area contributed by atoms with E-state index in [1.807, 2.05) is 17.8 Å². The van der Waals surface area contributed by atoms with E-state index in [1.54, 1.807) is 11.3 Å². The number of thiazole rings is 1. The maximum Gasteiger partial charge on any atom is 0.114 e. The largest absolute Gasteiger partial charge is 0.309 e. The molecular weight excluding hydrogens is 232 g/mol. The number of hydrogen-bond donors (Lipinski definition) is 1. The van der Waals surface area contributed by atoms with Gasteiger partial charge in [0.25, 0.3) is 0 Å². The number of hydrogen-bond acceptors (Lipinski definition) is 4. The molecule has 4 nitrogen and oxygen atoms in total. The quantitative estimate of drug-likeness (QED) is 0.884. The molecule has 0 unspecified atom stereocenters. The van der Waals surface area contributed by atoms with Crippen LogP contribution in [-0.4, -0.2) is 20.8 Å². The Morgan fingerprint density at radius 2 is 2.29 bits per heavy atom. The van der Waals surface area contributed by atoms with Crippen molar-refractivity contribution < 1.29 is 0 Å². The second kappa shape index (κ2) is 5.42. The van der Waals surface area contributed by atoms with E-state index < -0.39 is 0 Å². The van der Waals surface area contributed by atoms with Crippen LogP contribution in [0, 0.1) is 6.92 Å². The third-order valence-corrected chi connectivity index (χ3v) is 3.40. The van der Waals surface area contributed by atoms with Crippen molar-refractivity contribution in [3.8, 4) is 0 Å². The zero-order valence-electron chi connectivity index (χ0n) is 10.5. The highest BCUT2D eigenvalue weighted by Crippen LogP contribution is 2.11. The van der Waals surface area contributed by atoms with Gasteiger partial charge in [0.15, 0.2) is 0 Å². The summed E-state index contributed by atoms with van der Waals surface area (Å²) < 4.78 is 2.01. The van der Waals surface area contributed by atoms with Crippen LogP contribution >= 0.6 is 11.3 Å². The van der Waals surface area contributed by atoms with Crippen LogP contribution < -0.4 is 5.32 Å². The molecule has 0 aliphatic rings. The van der Waals surface area contributed by atoms with Gasteiger partial charge in [-0.05, 0) is 13.0 Å². The Kier molecular flexibility index (Phi) is 3.91. The molecule has 92 valence electrons. The maximum absolute atomic E-state index is 4.46. The van der Waals surface area contributed by atoms with Crippen molar-refractivity contribution in [1.29, 1.82) is 0 Å². The van der Waals surface area contributed by atoms with E-state index >= 15 is 0 Å². The van der Waals surface area contributed by atoms with Gasteiger partial charge in [0.2, 0.25) is 0 Å². The minimum Gasteiger partial charge on any atom is -0.309 e. The molecule has 2 aromatic heterocycles. The molecule has 0 radical (unpaired) electrons. The molecule has 0 atom stereocenters. The van der Waals surface area contributed by atoms with Gasteiger partial charge in [-0.2, -0.15) is 5.10 Å². The first-order chi connectivity index (χ1) is 8.15. The lowest BCUT2D eigenvalue weighted by Gasteiger charge is -2.09. The second-order valence-corrected chi connectivity index (χ2v) is 5.34. The molecule has 0 saturated heterocycles. The Morgan fingerprint density at radius 1 is 1.47 bits per heavy atom. The summed E-state index contributed by atoms with van der Waals surface area (Å²) in [6.07, 6.45) is 1.85. The molecule has 0 bridgehead atoms. The Labute approximate surface area is 106 Å². The third-order valence-electron chi connectivity index (χ3n) is 2.45. The molecule has 1 N–H and O–H groups in total. The van der Waals surface area contributed by atoms with Crippen molar-refractivity contribution in [3.63, 3.8) is 0 Å². The molecule has 2 heterocycles. The van der Waals surface area contributed by atoms with Gasteiger partial charge in [-0.3, -0.25) is 4.68 Å². The zero-order chi connectivity index (χ0) is 12.3. The fraction of sp³-hybridized carbons (Fsp3) is 0.500. The van der Waals surface area contributed by atoms with Crippen LogP contribution in [0.15, 0.2) is 17.6 Å². The molecule has 0 saturated carbocycles. The number of nitrogens with zero attached hydrogens (tertiary/aromatic N) is 3. The molecule has 0 amide bonds. The Morgan fingerprint density at radius 3 is 2.94 bits per heavy atom. The predicted molar refractivity (Wildman–Crippen MR) is 70.2 cm³/mol. The van der Waals surface area contributed by atoms with Gasteiger partial charge >= 0.3 is 0 Å². The van der Waals surface area contributed by atoms with Gasteiger partial charge in [-0.25, -0.2) is 4.98 Å². The van der Waals surface area contributed by atoms with Crippen LogP contribution in [0.4, 0.5) is 0 Å². The van der Waals surface area contributed by atoms with Crippen LogP contribution in [0.5, 0.6) is 0 Å². The van der Waals surface area contributed by atoms with Crippen LogP contribution in [0.2, 0.25) is 0 Å². The molecule has 0 aromatic carbocycles. The second-order valence-electron chi connectivity index (χ2n) is 4.40. The molecule has 17 heavy (non-hydrogen) atoms. The Balaban J connectivity index is 2.03. The smallest absolute Gasteiger partial charge is 0.114 e. The zero-order valence-corrected chi connectivity index (χ0v) is 11.3. The molecule has 2 rings (SSSR count). The minimum absolute atomic E-state index is 0.487. The van der Waals surface area contributed by atoms with Gasteiger partial charge in [0.05, 0.1) is 12.2 Å². The lowest BCUT2D eigenvalue weighted by atomic mass is 10.3. The number of aromatic nitrogens is 3. The summed E-state index contributed by atoms with van der Waals surface area (Å²) in [4.78, 5) is 4.46. The van der Waals surface area contributed by atoms with Gasteiger partial charge in [-0.15, -0.1) is 11.3 Å². The van der Waals surface area contributed by atoms with Crippen LogP contribution in [0.25, 0.3) is 0 Å². The summed E-state index contributed by atoms with van der Waals surface area (Å²) in [5.41, 5.74) is 2.28. The number of rotatable bonds is 5. The summed E-state index contributed by atoms with van der Waals surface area (Å²) in [5.74, 6) is 0. The Bertz CT molecular complexity index is 472.